The van der Waals surface area contributed by atoms with Gasteiger partial charge in [0.1, 0.15) is 17.5 Å². The van der Waals surface area contributed by atoms with E-state index in [0.29, 0.717) is 6.54 Å². The molecule has 2 aromatic rings. The lowest BCUT2D eigenvalue weighted by atomic mass is 10.3. The molecular formula is C11H15N5. The normalized spacial score (nSPS) is 10.7. The zero-order valence-electron chi connectivity index (χ0n) is 9.51. The van der Waals surface area contributed by atoms with E-state index in [4.69, 9.17) is 5.73 Å². The average molecular weight is 217 g/mol. The highest BCUT2D eigenvalue weighted by molar-refractivity contribution is 5.27. The van der Waals surface area contributed by atoms with E-state index in [1.807, 2.05) is 23.8 Å². The molecule has 5 heteroatoms. The summed E-state index contributed by atoms with van der Waals surface area (Å²) in [5.74, 6) is 2.41. The number of nitrogens with two attached hydrogens (primary N) is 1. The van der Waals surface area contributed by atoms with E-state index in [1.54, 1.807) is 6.20 Å². The van der Waals surface area contributed by atoms with Gasteiger partial charge in [-0.05, 0) is 13.3 Å². The van der Waals surface area contributed by atoms with Gasteiger partial charge in [0.25, 0.3) is 0 Å². The summed E-state index contributed by atoms with van der Waals surface area (Å²) in [7, 11) is 0. The Morgan fingerprint density at radius 3 is 2.88 bits per heavy atom. The molecule has 0 aromatic carbocycles. The maximum atomic E-state index is 5.61. The molecule has 2 aromatic heterocycles. The van der Waals surface area contributed by atoms with Gasteiger partial charge in [-0.25, -0.2) is 15.0 Å². The summed E-state index contributed by atoms with van der Waals surface area (Å²) >= 11 is 0. The Kier molecular flexibility index (Phi) is 2.96. The summed E-state index contributed by atoms with van der Waals surface area (Å²) in [5.41, 5.74) is 6.64. The third-order valence-corrected chi connectivity index (χ3v) is 2.39. The van der Waals surface area contributed by atoms with Gasteiger partial charge < -0.3 is 5.73 Å². The Hall–Kier alpha value is -1.75. The van der Waals surface area contributed by atoms with Crippen LogP contribution in [-0.2, 0) is 13.0 Å². The minimum absolute atomic E-state index is 0.400. The Bertz CT molecular complexity index is 489. The molecule has 0 aliphatic carbocycles. The molecular weight excluding hydrogens is 202 g/mol. The fraction of sp³-hybridized carbons (Fsp3) is 0.364. The lowest BCUT2D eigenvalue weighted by Gasteiger charge is -2.07. The van der Waals surface area contributed by atoms with Crippen molar-refractivity contribution in [3.05, 3.63) is 35.8 Å². The highest BCUT2D eigenvalue weighted by Gasteiger charge is 2.06. The van der Waals surface area contributed by atoms with Crippen LogP contribution in [0, 0.1) is 6.92 Å². The van der Waals surface area contributed by atoms with Gasteiger partial charge in [-0.1, -0.05) is 6.92 Å². The van der Waals surface area contributed by atoms with E-state index in [0.717, 1.165) is 29.6 Å². The van der Waals surface area contributed by atoms with Crippen LogP contribution in [0.1, 0.15) is 24.3 Å². The quantitative estimate of drug-likeness (QED) is 0.832. The maximum absolute atomic E-state index is 5.61. The molecule has 84 valence electrons. The first-order valence-electron chi connectivity index (χ1n) is 5.31. The number of hydrogen-bond acceptors (Lipinski definition) is 4. The van der Waals surface area contributed by atoms with Crippen LogP contribution in [-0.4, -0.2) is 19.5 Å². The minimum Gasteiger partial charge on any atom is -0.324 e. The van der Waals surface area contributed by atoms with E-state index < -0.39 is 0 Å². The average Bonchev–Trinajstić information content (AvgIpc) is 2.76. The summed E-state index contributed by atoms with van der Waals surface area (Å²) in [5, 5.41) is 0. The van der Waals surface area contributed by atoms with Crippen molar-refractivity contribution >= 4 is 0 Å². The van der Waals surface area contributed by atoms with Crippen molar-refractivity contribution in [2.75, 3.05) is 0 Å². The number of aromatic nitrogens is 4. The highest BCUT2D eigenvalue weighted by atomic mass is 15.1. The van der Waals surface area contributed by atoms with Gasteiger partial charge in [0.2, 0.25) is 0 Å². The molecule has 0 radical (unpaired) electrons. The van der Waals surface area contributed by atoms with Gasteiger partial charge >= 0.3 is 0 Å². The van der Waals surface area contributed by atoms with Crippen LogP contribution in [0.25, 0.3) is 5.82 Å². The molecule has 0 unspecified atom stereocenters. The third-order valence-electron chi connectivity index (χ3n) is 2.39. The minimum atomic E-state index is 0.400. The second-order valence-corrected chi connectivity index (χ2v) is 3.54. The highest BCUT2D eigenvalue weighted by Crippen LogP contribution is 2.10. The largest absolute Gasteiger partial charge is 0.324 e. The molecule has 0 aliphatic heterocycles. The molecule has 2 heterocycles. The molecule has 16 heavy (non-hydrogen) atoms. The molecule has 0 atom stereocenters. The number of hydrogen-bond donors (Lipinski definition) is 1. The Morgan fingerprint density at radius 1 is 1.38 bits per heavy atom. The van der Waals surface area contributed by atoms with E-state index in [1.165, 1.54) is 0 Å². The predicted molar refractivity (Wildman–Crippen MR) is 61.2 cm³/mol. The van der Waals surface area contributed by atoms with Crippen molar-refractivity contribution in [2.24, 2.45) is 5.73 Å². The number of imidazole rings is 1. The third kappa shape index (κ3) is 1.94. The number of nitrogens with zero attached hydrogens (tertiary/aromatic N) is 4. The van der Waals surface area contributed by atoms with Crippen molar-refractivity contribution in [3.8, 4) is 5.82 Å². The standard InChI is InChI=1S/C11H15N5/c1-3-9-6-10(15-8(2)14-9)16-5-4-13-11(16)7-12/h4-6H,3,7,12H2,1-2H3. The Labute approximate surface area is 94.4 Å². The lowest BCUT2D eigenvalue weighted by Crippen LogP contribution is -2.09. The first kappa shape index (κ1) is 10.8. The molecule has 5 nitrogen and oxygen atoms in total. The first-order chi connectivity index (χ1) is 7.74. The molecule has 0 fully saturated rings. The summed E-state index contributed by atoms with van der Waals surface area (Å²) in [6.07, 6.45) is 4.48. The maximum Gasteiger partial charge on any atom is 0.142 e. The second kappa shape index (κ2) is 4.40. The van der Waals surface area contributed by atoms with Gasteiger partial charge in [0, 0.05) is 24.2 Å². The fourth-order valence-electron chi connectivity index (χ4n) is 1.61. The van der Waals surface area contributed by atoms with Crippen LogP contribution in [0.4, 0.5) is 0 Å². The molecule has 2 rings (SSSR count). The molecule has 0 aliphatic rings. The molecule has 0 bridgehead atoms. The smallest absolute Gasteiger partial charge is 0.142 e. The zero-order chi connectivity index (χ0) is 11.5. The van der Waals surface area contributed by atoms with Gasteiger partial charge in [0.15, 0.2) is 0 Å². The number of rotatable bonds is 3. The van der Waals surface area contributed by atoms with Crippen LogP contribution in [0.5, 0.6) is 0 Å². The van der Waals surface area contributed by atoms with Crippen molar-refractivity contribution in [3.63, 3.8) is 0 Å². The summed E-state index contributed by atoms with van der Waals surface area (Å²) in [6, 6.07) is 1.97. The Morgan fingerprint density at radius 2 is 2.19 bits per heavy atom. The lowest BCUT2D eigenvalue weighted by molar-refractivity contribution is 0.824. The van der Waals surface area contributed by atoms with Gasteiger partial charge in [-0.15, -0.1) is 0 Å². The van der Waals surface area contributed by atoms with Crippen LogP contribution < -0.4 is 5.73 Å². The molecule has 0 spiro atoms. The molecule has 0 saturated carbocycles. The molecule has 2 N–H and O–H groups in total. The monoisotopic (exact) mass is 217 g/mol. The van der Waals surface area contributed by atoms with Crippen LogP contribution >= 0.6 is 0 Å². The predicted octanol–water partition coefficient (Wildman–Crippen LogP) is 0.992. The zero-order valence-corrected chi connectivity index (χ0v) is 9.51. The van der Waals surface area contributed by atoms with Crippen LogP contribution in [0.15, 0.2) is 18.5 Å². The second-order valence-electron chi connectivity index (χ2n) is 3.54. The van der Waals surface area contributed by atoms with Crippen molar-refractivity contribution in [1.29, 1.82) is 0 Å². The van der Waals surface area contributed by atoms with E-state index in [-0.39, 0.29) is 0 Å². The summed E-state index contributed by atoms with van der Waals surface area (Å²) < 4.78 is 1.90. The summed E-state index contributed by atoms with van der Waals surface area (Å²) in [4.78, 5) is 12.9. The van der Waals surface area contributed by atoms with Crippen molar-refractivity contribution in [1.82, 2.24) is 19.5 Å². The summed E-state index contributed by atoms with van der Waals surface area (Å²) in [6.45, 7) is 4.36. The van der Waals surface area contributed by atoms with Crippen molar-refractivity contribution in [2.45, 2.75) is 26.8 Å². The van der Waals surface area contributed by atoms with E-state index in [9.17, 15) is 0 Å². The number of aryl methyl sites for hydroxylation is 2. The molecule has 0 amide bonds. The van der Waals surface area contributed by atoms with Gasteiger partial charge in [-0.2, -0.15) is 0 Å². The first-order valence-corrected chi connectivity index (χ1v) is 5.31. The molecule has 0 saturated heterocycles. The topological polar surface area (TPSA) is 69.6 Å². The van der Waals surface area contributed by atoms with Gasteiger partial charge in [-0.3, -0.25) is 4.57 Å². The fourth-order valence-corrected chi connectivity index (χ4v) is 1.61. The van der Waals surface area contributed by atoms with Crippen molar-refractivity contribution < 1.29 is 0 Å². The van der Waals surface area contributed by atoms with E-state index >= 15 is 0 Å². The Balaban J connectivity index is 2.51. The van der Waals surface area contributed by atoms with E-state index in [2.05, 4.69) is 21.9 Å². The van der Waals surface area contributed by atoms with Crippen LogP contribution in [0.2, 0.25) is 0 Å². The van der Waals surface area contributed by atoms with Gasteiger partial charge in [0.05, 0.1) is 6.54 Å². The SMILES string of the molecule is CCc1cc(-n2ccnc2CN)nc(C)n1. The van der Waals surface area contributed by atoms with Crippen LogP contribution in [0.3, 0.4) is 0 Å².